The molecular weight excluding hydrogens is 258 g/mol. The molecule has 0 spiro atoms. The summed E-state index contributed by atoms with van der Waals surface area (Å²) < 4.78 is 0. The summed E-state index contributed by atoms with van der Waals surface area (Å²) in [6.45, 7) is 5.61. The van der Waals surface area contributed by atoms with E-state index >= 15 is 0 Å². The van der Waals surface area contributed by atoms with Crippen LogP contribution in [0.3, 0.4) is 0 Å². The van der Waals surface area contributed by atoms with Crippen molar-refractivity contribution < 1.29 is 0 Å². The lowest BCUT2D eigenvalue weighted by molar-refractivity contribution is 0.220. The first-order chi connectivity index (χ1) is 9.11. The maximum Gasteiger partial charge on any atom is 0.225 e. The molecule has 1 saturated heterocycles. The molecule has 1 aromatic rings. The van der Waals surface area contributed by atoms with Gasteiger partial charge in [0.15, 0.2) is 0 Å². The van der Waals surface area contributed by atoms with Crippen molar-refractivity contribution in [1.29, 1.82) is 0 Å². The molecule has 0 radical (unpaired) electrons. The third-order valence-corrected chi connectivity index (χ3v) is 3.97. The molecule has 0 unspecified atom stereocenters. The average molecular weight is 279 g/mol. The molecule has 104 valence electrons. The molecule has 2 rings (SSSR count). The predicted octanol–water partition coefficient (Wildman–Crippen LogP) is 1.03. The standard InChI is InChI=1S/C13H21N5S/c1-3-18-8-5-10(6-9-18)17(2)13-15-7-4-11(16-13)12(14)19/h4,7,10H,3,5-6,8-9H2,1-2H3,(H2,14,19). The fourth-order valence-corrected chi connectivity index (χ4v) is 2.56. The summed E-state index contributed by atoms with van der Waals surface area (Å²) in [5.41, 5.74) is 6.25. The summed E-state index contributed by atoms with van der Waals surface area (Å²) in [5, 5.41) is 0. The van der Waals surface area contributed by atoms with Gasteiger partial charge in [-0.3, -0.25) is 0 Å². The van der Waals surface area contributed by atoms with Gasteiger partial charge in [-0.1, -0.05) is 19.1 Å². The molecule has 0 bridgehead atoms. The van der Waals surface area contributed by atoms with E-state index in [1.807, 2.05) is 7.05 Å². The summed E-state index contributed by atoms with van der Waals surface area (Å²) >= 11 is 4.96. The van der Waals surface area contributed by atoms with Crippen LogP contribution in [0.1, 0.15) is 25.5 Å². The molecular formula is C13H21N5S. The van der Waals surface area contributed by atoms with E-state index < -0.39 is 0 Å². The van der Waals surface area contributed by atoms with Crippen molar-refractivity contribution in [3.05, 3.63) is 18.0 Å². The van der Waals surface area contributed by atoms with Gasteiger partial charge in [-0.25, -0.2) is 9.97 Å². The zero-order chi connectivity index (χ0) is 13.8. The quantitative estimate of drug-likeness (QED) is 0.831. The van der Waals surface area contributed by atoms with E-state index in [9.17, 15) is 0 Å². The first-order valence-corrected chi connectivity index (χ1v) is 7.10. The first kappa shape index (κ1) is 14.1. The number of piperidine rings is 1. The minimum atomic E-state index is 0.317. The maximum atomic E-state index is 5.61. The molecule has 5 nitrogen and oxygen atoms in total. The molecule has 1 fully saturated rings. The van der Waals surface area contributed by atoms with E-state index in [-0.39, 0.29) is 0 Å². The third-order valence-electron chi connectivity index (χ3n) is 3.76. The van der Waals surface area contributed by atoms with Crippen LogP contribution in [0.2, 0.25) is 0 Å². The molecule has 1 aliphatic heterocycles. The van der Waals surface area contributed by atoms with E-state index in [0.29, 0.717) is 22.7 Å². The van der Waals surface area contributed by atoms with Crippen LogP contribution >= 0.6 is 12.2 Å². The van der Waals surface area contributed by atoms with Gasteiger partial charge in [0.25, 0.3) is 0 Å². The van der Waals surface area contributed by atoms with Crippen molar-refractivity contribution in [2.45, 2.75) is 25.8 Å². The minimum absolute atomic E-state index is 0.317. The highest BCUT2D eigenvalue weighted by Gasteiger charge is 2.23. The monoisotopic (exact) mass is 279 g/mol. The van der Waals surface area contributed by atoms with Gasteiger partial charge in [0.2, 0.25) is 5.95 Å². The van der Waals surface area contributed by atoms with Crippen LogP contribution in [-0.4, -0.2) is 52.6 Å². The van der Waals surface area contributed by atoms with Crippen LogP contribution in [0.5, 0.6) is 0 Å². The molecule has 1 aliphatic rings. The molecule has 0 saturated carbocycles. The van der Waals surface area contributed by atoms with E-state index in [0.717, 1.165) is 32.5 Å². The van der Waals surface area contributed by atoms with Crippen molar-refractivity contribution in [2.24, 2.45) is 5.73 Å². The summed E-state index contributed by atoms with van der Waals surface area (Å²) in [6, 6.07) is 2.24. The minimum Gasteiger partial charge on any atom is -0.388 e. The molecule has 2 heterocycles. The van der Waals surface area contributed by atoms with Crippen molar-refractivity contribution in [3.63, 3.8) is 0 Å². The summed E-state index contributed by atoms with van der Waals surface area (Å²) in [5.74, 6) is 0.709. The van der Waals surface area contributed by atoms with Gasteiger partial charge in [-0.05, 0) is 25.5 Å². The second-order valence-electron chi connectivity index (χ2n) is 4.88. The Hall–Kier alpha value is -1.27. The highest BCUT2D eigenvalue weighted by Crippen LogP contribution is 2.19. The fourth-order valence-electron chi connectivity index (χ4n) is 2.44. The number of anilines is 1. The van der Waals surface area contributed by atoms with Gasteiger partial charge in [0, 0.05) is 32.4 Å². The Morgan fingerprint density at radius 2 is 2.21 bits per heavy atom. The second-order valence-corrected chi connectivity index (χ2v) is 5.32. The third kappa shape index (κ3) is 3.39. The number of nitrogens with two attached hydrogens (primary N) is 1. The topological polar surface area (TPSA) is 58.3 Å². The van der Waals surface area contributed by atoms with Crippen molar-refractivity contribution in [2.75, 3.05) is 31.6 Å². The predicted molar refractivity (Wildman–Crippen MR) is 81.5 cm³/mol. The Morgan fingerprint density at radius 3 is 2.79 bits per heavy atom. The highest BCUT2D eigenvalue weighted by atomic mass is 32.1. The van der Waals surface area contributed by atoms with Crippen LogP contribution in [0, 0.1) is 0 Å². The number of nitrogens with zero attached hydrogens (tertiary/aromatic N) is 4. The number of likely N-dealkylation sites (tertiary alicyclic amines) is 1. The lowest BCUT2D eigenvalue weighted by atomic mass is 10.0. The van der Waals surface area contributed by atoms with Crippen LogP contribution in [0.15, 0.2) is 12.3 Å². The van der Waals surface area contributed by atoms with E-state index in [4.69, 9.17) is 18.0 Å². The van der Waals surface area contributed by atoms with Crippen molar-refractivity contribution >= 4 is 23.2 Å². The lowest BCUT2D eigenvalue weighted by Gasteiger charge is -2.36. The lowest BCUT2D eigenvalue weighted by Crippen LogP contribution is -2.44. The molecule has 0 amide bonds. The second kappa shape index (κ2) is 6.25. The van der Waals surface area contributed by atoms with E-state index in [1.165, 1.54) is 0 Å². The summed E-state index contributed by atoms with van der Waals surface area (Å²) in [6.07, 6.45) is 4.00. The van der Waals surface area contributed by atoms with Crippen LogP contribution in [0.4, 0.5) is 5.95 Å². The number of rotatable bonds is 4. The first-order valence-electron chi connectivity index (χ1n) is 6.70. The molecule has 0 aromatic carbocycles. The van der Waals surface area contributed by atoms with Gasteiger partial charge in [0.1, 0.15) is 10.7 Å². The molecule has 0 aliphatic carbocycles. The number of thiocarbonyl (C=S) groups is 1. The van der Waals surface area contributed by atoms with Crippen molar-refractivity contribution in [3.8, 4) is 0 Å². The summed E-state index contributed by atoms with van der Waals surface area (Å²) in [7, 11) is 2.05. The highest BCUT2D eigenvalue weighted by molar-refractivity contribution is 7.80. The molecule has 0 atom stereocenters. The van der Waals surface area contributed by atoms with Crippen molar-refractivity contribution in [1.82, 2.24) is 14.9 Å². The smallest absolute Gasteiger partial charge is 0.225 e. The average Bonchev–Trinajstić information content (AvgIpc) is 2.46. The Balaban J connectivity index is 2.05. The van der Waals surface area contributed by atoms with Gasteiger partial charge in [-0.2, -0.15) is 0 Å². The largest absolute Gasteiger partial charge is 0.388 e. The van der Waals surface area contributed by atoms with E-state index in [1.54, 1.807) is 12.3 Å². The Labute approximate surface area is 119 Å². The normalized spacial score (nSPS) is 17.4. The number of hydrogen-bond acceptors (Lipinski definition) is 5. The van der Waals surface area contributed by atoms with Gasteiger partial charge in [-0.15, -0.1) is 0 Å². The Morgan fingerprint density at radius 1 is 1.53 bits per heavy atom. The molecule has 1 aromatic heterocycles. The van der Waals surface area contributed by atoms with Crippen LogP contribution < -0.4 is 10.6 Å². The molecule has 19 heavy (non-hydrogen) atoms. The number of hydrogen-bond donors (Lipinski definition) is 1. The maximum absolute atomic E-state index is 5.61. The van der Waals surface area contributed by atoms with Gasteiger partial charge in [0.05, 0.1) is 0 Å². The van der Waals surface area contributed by atoms with Crippen LogP contribution in [0.25, 0.3) is 0 Å². The SMILES string of the molecule is CCN1CCC(N(C)c2nccc(C(N)=S)n2)CC1. The van der Waals surface area contributed by atoms with E-state index in [2.05, 4.69) is 26.7 Å². The fraction of sp³-hybridized carbons (Fsp3) is 0.615. The van der Waals surface area contributed by atoms with Gasteiger partial charge < -0.3 is 15.5 Å². The number of aromatic nitrogens is 2. The van der Waals surface area contributed by atoms with Gasteiger partial charge >= 0.3 is 0 Å². The summed E-state index contributed by atoms with van der Waals surface area (Å²) in [4.78, 5) is 13.7. The Kier molecular flexibility index (Phi) is 4.66. The Bertz CT molecular complexity index is 442. The molecule has 6 heteroatoms. The zero-order valence-corrected chi connectivity index (χ0v) is 12.4. The zero-order valence-electron chi connectivity index (χ0n) is 11.5. The molecule has 2 N–H and O–H groups in total. The van der Waals surface area contributed by atoms with Crippen LogP contribution in [-0.2, 0) is 0 Å².